The van der Waals surface area contributed by atoms with Gasteiger partial charge >= 0.3 is 6.09 Å². The predicted octanol–water partition coefficient (Wildman–Crippen LogP) is 3.27. The van der Waals surface area contributed by atoms with Gasteiger partial charge in [-0.1, -0.05) is 13.8 Å². The number of nitrogens with one attached hydrogen (secondary N) is 2. The molecule has 1 fully saturated rings. The Morgan fingerprint density at radius 2 is 1.91 bits per heavy atom. The molecule has 250 valence electrons. The van der Waals surface area contributed by atoms with E-state index < -0.39 is 33.4 Å². The van der Waals surface area contributed by atoms with Crippen LogP contribution in [0.25, 0.3) is 11.7 Å². The van der Waals surface area contributed by atoms with Gasteiger partial charge in [-0.3, -0.25) is 14.0 Å². The van der Waals surface area contributed by atoms with Crippen LogP contribution in [0.1, 0.15) is 68.8 Å². The third kappa shape index (κ3) is 10.1. The second-order valence-electron chi connectivity index (χ2n) is 12.2. The third-order valence-corrected chi connectivity index (χ3v) is 9.19. The summed E-state index contributed by atoms with van der Waals surface area (Å²) in [5.74, 6) is -0.535. The first-order valence-electron chi connectivity index (χ1n) is 15.2. The lowest BCUT2D eigenvalue weighted by Crippen LogP contribution is -2.38. The average molecular weight is 675 g/mol. The molecular weight excluding hydrogens is 633 g/mol. The summed E-state index contributed by atoms with van der Waals surface area (Å²) in [6.07, 6.45) is 4.88. The van der Waals surface area contributed by atoms with Crippen LogP contribution in [0.2, 0.25) is 0 Å². The SMILES string of the molecule is CC(C)c1csc(CCc2ccn3c(=O)c(/C=C/C(=O)NS(=O)(=O)CCCNC(=O)OC(C)(C)C)c(N4CCOCC4)nc3c2)n1. The lowest BCUT2D eigenvalue weighted by molar-refractivity contribution is -0.114. The van der Waals surface area contributed by atoms with Crippen LogP contribution >= 0.6 is 11.3 Å². The minimum absolute atomic E-state index is 0.0496. The molecule has 2 N–H and O–H groups in total. The molecule has 1 aliphatic heterocycles. The summed E-state index contributed by atoms with van der Waals surface area (Å²) in [4.78, 5) is 49.5. The quantitative estimate of drug-likeness (QED) is 0.216. The summed E-state index contributed by atoms with van der Waals surface area (Å²) in [7, 11) is -4.00. The number of fused-ring (bicyclic) bond motifs is 1. The van der Waals surface area contributed by atoms with E-state index in [1.165, 1.54) is 10.5 Å². The number of thiazole rings is 1. The largest absolute Gasteiger partial charge is 0.444 e. The fourth-order valence-corrected chi connectivity index (χ4v) is 6.58. The third-order valence-electron chi connectivity index (χ3n) is 6.92. The number of morpholine rings is 1. The molecule has 2 amide bonds. The molecule has 0 aromatic carbocycles. The maximum atomic E-state index is 13.7. The number of hydrogen-bond acceptors (Lipinski definition) is 11. The fourth-order valence-electron chi connectivity index (χ4n) is 4.62. The molecule has 3 aromatic rings. The van der Waals surface area contributed by atoms with E-state index in [9.17, 15) is 22.8 Å². The first-order chi connectivity index (χ1) is 21.7. The van der Waals surface area contributed by atoms with Crippen LogP contribution in [0.15, 0.2) is 34.6 Å². The normalized spacial score (nSPS) is 14.3. The van der Waals surface area contributed by atoms with Crippen molar-refractivity contribution in [3.63, 3.8) is 0 Å². The molecule has 15 heteroatoms. The van der Waals surface area contributed by atoms with E-state index in [0.29, 0.717) is 43.7 Å². The molecular formula is C31H42N6O7S2. The molecule has 1 saturated heterocycles. The molecule has 0 saturated carbocycles. The van der Waals surface area contributed by atoms with Gasteiger partial charge in [0.1, 0.15) is 17.1 Å². The molecule has 4 rings (SSSR count). The molecule has 3 aromatic heterocycles. The zero-order chi connectivity index (χ0) is 33.5. The van der Waals surface area contributed by atoms with Crippen molar-refractivity contribution in [3.8, 4) is 0 Å². The first-order valence-corrected chi connectivity index (χ1v) is 17.8. The van der Waals surface area contributed by atoms with Crippen molar-refractivity contribution in [1.82, 2.24) is 24.4 Å². The lowest BCUT2D eigenvalue weighted by atomic mass is 10.1. The summed E-state index contributed by atoms with van der Waals surface area (Å²) in [5.41, 5.74) is 1.65. The number of carbonyl (C=O) groups excluding carboxylic acids is 2. The maximum Gasteiger partial charge on any atom is 0.407 e. The number of pyridine rings is 1. The maximum absolute atomic E-state index is 13.7. The van der Waals surface area contributed by atoms with E-state index in [4.69, 9.17) is 19.4 Å². The highest BCUT2D eigenvalue weighted by atomic mass is 32.2. The molecule has 0 unspecified atom stereocenters. The number of rotatable bonds is 12. The Labute approximate surface area is 273 Å². The number of amides is 2. The number of ether oxygens (including phenoxy) is 2. The van der Waals surface area contributed by atoms with Gasteiger partial charge in [-0.05, 0) is 63.3 Å². The smallest absolute Gasteiger partial charge is 0.407 e. The van der Waals surface area contributed by atoms with E-state index in [1.54, 1.807) is 38.3 Å². The van der Waals surface area contributed by atoms with Crippen LogP contribution in [0, 0.1) is 0 Å². The topological polar surface area (TPSA) is 161 Å². The van der Waals surface area contributed by atoms with Gasteiger partial charge in [0.15, 0.2) is 0 Å². The number of alkyl carbamates (subject to hydrolysis) is 1. The van der Waals surface area contributed by atoms with E-state index in [1.807, 2.05) is 21.8 Å². The highest BCUT2D eigenvalue weighted by Gasteiger charge is 2.21. The lowest BCUT2D eigenvalue weighted by Gasteiger charge is -2.29. The van der Waals surface area contributed by atoms with Gasteiger partial charge in [-0.2, -0.15) is 0 Å². The van der Waals surface area contributed by atoms with Crippen molar-refractivity contribution < 1.29 is 27.5 Å². The molecule has 0 spiro atoms. The van der Waals surface area contributed by atoms with Crippen LogP contribution in [-0.4, -0.2) is 79.0 Å². The summed E-state index contributed by atoms with van der Waals surface area (Å²) >= 11 is 1.65. The number of nitrogens with zero attached hydrogens (tertiary/aromatic N) is 4. The monoisotopic (exact) mass is 674 g/mol. The Morgan fingerprint density at radius 3 is 2.59 bits per heavy atom. The van der Waals surface area contributed by atoms with Crippen molar-refractivity contribution in [2.45, 2.75) is 65.4 Å². The van der Waals surface area contributed by atoms with Gasteiger partial charge in [0.2, 0.25) is 10.0 Å². The standard InChI is InChI=1S/C31H42N6O7S2/c1-21(2)24-20-45-27(33-24)10-7-22-11-13-37-25(19-22)34-28(36-14-16-43-17-15-36)23(29(37)39)8-9-26(38)35-46(41,42)18-6-12-32-30(40)44-31(3,4)5/h8-9,11,13,19-21H,6-7,10,12,14-18H2,1-5H3,(H,32,40)(H,35,38)/b9-8+. The number of carbonyl (C=O) groups is 2. The van der Waals surface area contributed by atoms with Crippen LogP contribution < -0.4 is 20.5 Å². The number of aryl methyl sites for hydroxylation is 2. The Hall–Kier alpha value is -3.82. The Kier molecular flexibility index (Phi) is 11.6. The van der Waals surface area contributed by atoms with Crippen molar-refractivity contribution in [3.05, 3.63) is 62.0 Å². The second-order valence-corrected chi connectivity index (χ2v) is 15.0. The number of hydrogen-bond donors (Lipinski definition) is 2. The number of anilines is 1. The van der Waals surface area contributed by atoms with Crippen LogP contribution in [0.5, 0.6) is 0 Å². The average Bonchev–Trinajstić information content (AvgIpc) is 3.47. The second kappa shape index (κ2) is 15.2. The molecule has 13 nitrogen and oxygen atoms in total. The minimum atomic E-state index is -4.00. The van der Waals surface area contributed by atoms with E-state index >= 15 is 0 Å². The van der Waals surface area contributed by atoms with E-state index in [0.717, 1.165) is 35.2 Å². The Bertz CT molecular complexity index is 1740. The predicted molar refractivity (Wildman–Crippen MR) is 178 cm³/mol. The van der Waals surface area contributed by atoms with Gasteiger partial charge in [0.25, 0.3) is 11.5 Å². The highest BCUT2D eigenvalue weighted by molar-refractivity contribution is 7.90. The van der Waals surface area contributed by atoms with Gasteiger partial charge in [-0.25, -0.2) is 27.9 Å². The molecule has 4 heterocycles. The molecule has 0 radical (unpaired) electrons. The summed E-state index contributed by atoms with van der Waals surface area (Å²) < 4.78 is 38.9. The first kappa shape index (κ1) is 35.0. The van der Waals surface area contributed by atoms with Crippen LogP contribution in [0.4, 0.5) is 10.6 Å². The molecule has 0 bridgehead atoms. The number of aromatic nitrogens is 3. The van der Waals surface area contributed by atoms with Crippen molar-refractivity contribution >= 4 is 50.9 Å². The zero-order valence-corrected chi connectivity index (χ0v) is 28.5. The Balaban J connectivity index is 1.47. The summed E-state index contributed by atoms with van der Waals surface area (Å²) in [5, 5.41) is 5.63. The van der Waals surface area contributed by atoms with Gasteiger partial charge in [0, 0.05) is 43.7 Å². The zero-order valence-electron chi connectivity index (χ0n) is 26.9. The van der Waals surface area contributed by atoms with Gasteiger partial charge in [0.05, 0.1) is 35.2 Å². The van der Waals surface area contributed by atoms with Crippen molar-refractivity contribution in [1.29, 1.82) is 0 Å². The van der Waals surface area contributed by atoms with Crippen LogP contribution in [-0.2, 0) is 37.1 Å². The van der Waals surface area contributed by atoms with Gasteiger partial charge in [-0.15, -0.1) is 11.3 Å². The molecule has 0 aliphatic carbocycles. The van der Waals surface area contributed by atoms with E-state index in [-0.39, 0.29) is 24.1 Å². The molecule has 46 heavy (non-hydrogen) atoms. The fraction of sp³-hybridized carbons (Fsp3) is 0.516. The minimum Gasteiger partial charge on any atom is -0.444 e. The van der Waals surface area contributed by atoms with Crippen molar-refractivity contribution in [2.24, 2.45) is 0 Å². The molecule has 1 aliphatic rings. The highest BCUT2D eigenvalue weighted by Crippen LogP contribution is 2.22. The molecule has 0 atom stereocenters. The van der Waals surface area contributed by atoms with Crippen molar-refractivity contribution in [2.75, 3.05) is 43.5 Å². The van der Waals surface area contributed by atoms with Gasteiger partial charge < -0.3 is 19.7 Å². The number of sulfonamides is 1. The summed E-state index contributed by atoms with van der Waals surface area (Å²) in [6.45, 7) is 11.4. The Morgan fingerprint density at radius 1 is 1.17 bits per heavy atom. The van der Waals surface area contributed by atoms with E-state index in [2.05, 4.69) is 24.5 Å². The summed E-state index contributed by atoms with van der Waals surface area (Å²) in [6, 6.07) is 3.75. The van der Waals surface area contributed by atoms with Crippen LogP contribution in [0.3, 0.4) is 0 Å².